The molecule has 3 nitrogen and oxygen atoms in total. The molecular weight excluding hydrogens is 218 g/mol. The third kappa shape index (κ3) is 3.67. The van der Waals surface area contributed by atoms with Gasteiger partial charge in [0, 0.05) is 23.1 Å². The number of thioether (sulfide) groups is 1. The first-order valence-electron chi connectivity index (χ1n) is 4.28. The zero-order chi connectivity index (χ0) is 10.4. The van der Waals surface area contributed by atoms with Crippen LogP contribution in [0.25, 0.3) is 0 Å². The fraction of sp³-hybridized carbons (Fsp3) is 0.556. The van der Waals surface area contributed by atoms with E-state index in [2.05, 4.69) is 9.72 Å². The maximum Gasteiger partial charge on any atom is 0.309 e. The first-order valence-corrected chi connectivity index (χ1v) is 6.31. The largest absolute Gasteiger partial charge is 0.469 e. The Morgan fingerprint density at radius 3 is 3.14 bits per heavy atom. The molecule has 0 spiro atoms. The zero-order valence-corrected chi connectivity index (χ0v) is 9.86. The van der Waals surface area contributed by atoms with E-state index in [1.165, 1.54) is 7.11 Å². The molecule has 0 saturated heterocycles. The van der Waals surface area contributed by atoms with Gasteiger partial charge >= 0.3 is 5.97 Å². The Morgan fingerprint density at radius 1 is 1.79 bits per heavy atom. The maximum atomic E-state index is 11.1. The second-order valence-corrected chi connectivity index (χ2v) is 4.87. The highest BCUT2D eigenvalue weighted by molar-refractivity contribution is 7.98. The van der Waals surface area contributed by atoms with Crippen molar-refractivity contribution in [2.45, 2.75) is 12.7 Å². The molecular formula is C9H13NO2S2. The van der Waals surface area contributed by atoms with Gasteiger partial charge in [0.15, 0.2) is 0 Å². The first-order chi connectivity index (χ1) is 6.74. The quantitative estimate of drug-likeness (QED) is 0.728. The Kier molecular flexibility index (Phi) is 4.97. The molecule has 0 radical (unpaired) electrons. The van der Waals surface area contributed by atoms with Crippen LogP contribution in [-0.4, -0.2) is 23.8 Å². The molecule has 0 amide bonds. The standard InChI is InChI=1S/C9H13NO2S2/c1-7(9(11)12-2)5-13-6-8-10-3-4-14-8/h3-4,7H,5-6H2,1-2H3. The Balaban J connectivity index is 2.18. The van der Waals surface area contributed by atoms with Crippen LogP contribution in [0.15, 0.2) is 11.6 Å². The molecule has 14 heavy (non-hydrogen) atoms. The predicted molar refractivity (Wildman–Crippen MR) is 59.5 cm³/mol. The number of hydrogen-bond acceptors (Lipinski definition) is 5. The number of esters is 1. The normalized spacial score (nSPS) is 12.4. The van der Waals surface area contributed by atoms with Crippen molar-refractivity contribution < 1.29 is 9.53 Å². The van der Waals surface area contributed by atoms with Crippen LogP contribution in [0.3, 0.4) is 0 Å². The Bertz CT molecular complexity index is 274. The molecule has 0 aliphatic heterocycles. The number of carbonyl (C=O) groups is 1. The maximum absolute atomic E-state index is 11.1. The van der Waals surface area contributed by atoms with Crippen molar-refractivity contribution in [2.75, 3.05) is 12.9 Å². The summed E-state index contributed by atoms with van der Waals surface area (Å²) in [6, 6.07) is 0. The van der Waals surface area contributed by atoms with Gasteiger partial charge in [-0.3, -0.25) is 4.79 Å². The third-order valence-electron chi connectivity index (χ3n) is 1.68. The van der Waals surface area contributed by atoms with E-state index in [1.54, 1.807) is 29.3 Å². The molecule has 0 aliphatic carbocycles. The van der Waals surface area contributed by atoms with Crippen molar-refractivity contribution in [1.82, 2.24) is 4.98 Å². The minimum Gasteiger partial charge on any atom is -0.469 e. The Morgan fingerprint density at radius 2 is 2.57 bits per heavy atom. The fourth-order valence-corrected chi connectivity index (χ4v) is 2.70. The van der Waals surface area contributed by atoms with Gasteiger partial charge in [0.25, 0.3) is 0 Å². The number of rotatable bonds is 5. The summed E-state index contributed by atoms with van der Waals surface area (Å²) in [5, 5.41) is 3.06. The SMILES string of the molecule is COC(=O)C(C)CSCc1nccs1. The zero-order valence-electron chi connectivity index (χ0n) is 8.23. The molecule has 1 rings (SSSR count). The van der Waals surface area contributed by atoms with E-state index in [1.807, 2.05) is 12.3 Å². The van der Waals surface area contributed by atoms with E-state index in [4.69, 9.17) is 0 Å². The van der Waals surface area contributed by atoms with Gasteiger partial charge in [-0.2, -0.15) is 11.8 Å². The minimum absolute atomic E-state index is 0.0371. The second kappa shape index (κ2) is 6.03. The van der Waals surface area contributed by atoms with Crippen molar-refractivity contribution >= 4 is 29.1 Å². The van der Waals surface area contributed by atoms with Gasteiger partial charge in [0.2, 0.25) is 0 Å². The van der Waals surface area contributed by atoms with Gasteiger partial charge in [-0.25, -0.2) is 4.98 Å². The van der Waals surface area contributed by atoms with Crippen molar-refractivity contribution in [3.05, 3.63) is 16.6 Å². The summed E-state index contributed by atoms with van der Waals surface area (Å²) in [5.74, 6) is 1.48. The van der Waals surface area contributed by atoms with Gasteiger partial charge in [0.1, 0.15) is 5.01 Å². The Hall–Kier alpha value is -0.550. The summed E-state index contributed by atoms with van der Waals surface area (Å²) in [6.07, 6.45) is 1.80. The lowest BCUT2D eigenvalue weighted by Crippen LogP contribution is -2.14. The summed E-state index contributed by atoms with van der Waals surface area (Å²) in [6.45, 7) is 1.88. The van der Waals surface area contributed by atoms with Crippen molar-refractivity contribution in [2.24, 2.45) is 5.92 Å². The average molecular weight is 231 g/mol. The van der Waals surface area contributed by atoms with E-state index >= 15 is 0 Å². The number of aromatic nitrogens is 1. The minimum atomic E-state index is -0.142. The lowest BCUT2D eigenvalue weighted by atomic mass is 10.2. The number of thiazole rings is 1. The van der Waals surface area contributed by atoms with Crippen molar-refractivity contribution in [1.29, 1.82) is 0 Å². The molecule has 1 heterocycles. The van der Waals surface area contributed by atoms with Gasteiger partial charge in [-0.1, -0.05) is 6.92 Å². The third-order valence-corrected chi connectivity index (χ3v) is 3.86. The number of nitrogens with zero attached hydrogens (tertiary/aromatic N) is 1. The summed E-state index contributed by atoms with van der Waals surface area (Å²) in [5.41, 5.74) is 0. The van der Waals surface area contributed by atoms with Gasteiger partial charge in [0.05, 0.1) is 13.0 Å². The molecule has 1 aromatic heterocycles. The summed E-state index contributed by atoms with van der Waals surface area (Å²) < 4.78 is 4.63. The van der Waals surface area contributed by atoms with Crippen LogP contribution in [0.1, 0.15) is 11.9 Å². The van der Waals surface area contributed by atoms with E-state index in [0.717, 1.165) is 16.5 Å². The van der Waals surface area contributed by atoms with Crippen LogP contribution < -0.4 is 0 Å². The molecule has 0 aliphatic rings. The predicted octanol–water partition coefficient (Wildman–Crippen LogP) is 2.19. The molecule has 1 aromatic rings. The molecule has 0 aromatic carbocycles. The topological polar surface area (TPSA) is 39.2 Å². The highest BCUT2D eigenvalue weighted by Crippen LogP contribution is 2.17. The van der Waals surface area contributed by atoms with Gasteiger partial charge in [-0.15, -0.1) is 11.3 Å². The number of ether oxygens (including phenoxy) is 1. The van der Waals surface area contributed by atoms with Gasteiger partial charge < -0.3 is 4.74 Å². The van der Waals surface area contributed by atoms with Crippen LogP contribution in [0, 0.1) is 5.92 Å². The van der Waals surface area contributed by atoms with Crippen LogP contribution in [-0.2, 0) is 15.3 Å². The monoisotopic (exact) mass is 231 g/mol. The summed E-state index contributed by atoms with van der Waals surface area (Å²) in [7, 11) is 1.42. The molecule has 5 heteroatoms. The lowest BCUT2D eigenvalue weighted by Gasteiger charge is -2.07. The molecule has 0 N–H and O–H groups in total. The number of carbonyl (C=O) groups excluding carboxylic acids is 1. The lowest BCUT2D eigenvalue weighted by molar-refractivity contribution is -0.143. The molecule has 0 bridgehead atoms. The van der Waals surface area contributed by atoms with Crippen molar-refractivity contribution in [3.8, 4) is 0 Å². The molecule has 0 fully saturated rings. The molecule has 1 unspecified atom stereocenters. The summed E-state index contributed by atoms with van der Waals surface area (Å²) >= 11 is 3.35. The second-order valence-electron chi connectivity index (χ2n) is 2.87. The van der Waals surface area contributed by atoms with E-state index < -0.39 is 0 Å². The van der Waals surface area contributed by atoms with E-state index in [0.29, 0.717) is 0 Å². The average Bonchev–Trinajstić information content (AvgIpc) is 2.69. The van der Waals surface area contributed by atoms with Crippen molar-refractivity contribution in [3.63, 3.8) is 0 Å². The van der Waals surface area contributed by atoms with E-state index in [-0.39, 0.29) is 11.9 Å². The number of methoxy groups -OCH3 is 1. The Labute approximate surface area is 91.9 Å². The van der Waals surface area contributed by atoms with E-state index in [9.17, 15) is 4.79 Å². The van der Waals surface area contributed by atoms with Crippen LogP contribution in [0.4, 0.5) is 0 Å². The highest BCUT2D eigenvalue weighted by atomic mass is 32.2. The smallest absolute Gasteiger partial charge is 0.309 e. The van der Waals surface area contributed by atoms with Gasteiger partial charge in [-0.05, 0) is 0 Å². The number of hydrogen-bond donors (Lipinski definition) is 0. The van der Waals surface area contributed by atoms with Crippen LogP contribution >= 0.6 is 23.1 Å². The van der Waals surface area contributed by atoms with Crippen LogP contribution in [0.5, 0.6) is 0 Å². The molecule has 78 valence electrons. The summed E-state index contributed by atoms with van der Waals surface area (Å²) in [4.78, 5) is 15.2. The molecule has 1 atom stereocenters. The molecule has 0 saturated carbocycles. The van der Waals surface area contributed by atoms with Crippen LogP contribution in [0.2, 0.25) is 0 Å². The highest BCUT2D eigenvalue weighted by Gasteiger charge is 2.12. The fourth-order valence-electron chi connectivity index (χ4n) is 0.916. The first kappa shape index (κ1) is 11.5.